The molecule has 6 heteroatoms. The monoisotopic (exact) mass is 240 g/mol. The Hall–Kier alpha value is 0.135. The van der Waals surface area contributed by atoms with E-state index in [-0.39, 0.29) is 37.7 Å². The molecule has 1 aliphatic rings. The Morgan fingerprint density at radius 3 is 2.06 bits per heavy atom. The number of hydrogen-bond acceptors (Lipinski definition) is 4. The summed E-state index contributed by atoms with van der Waals surface area (Å²) >= 11 is 0. The van der Waals surface area contributed by atoms with Crippen LogP contribution < -0.4 is 47.9 Å². The number of unbranched alkanes of at least 4 members (excludes halogenated alkanes) is 1. The van der Waals surface area contributed by atoms with Crippen LogP contribution in [0.1, 0.15) is 45.4 Å². The van der Waals surface area contributed by atoms with Crippen molar-refractivity contribution in [2.45, 2.75) is 45.4 Å². The summed E-state index contributed by atoms with van der Waals surface area (Å²) in [6, 6.07) is 0. The van der Waals surface area contributed by atoms with Crippen molar-refractivity contribution < 1.29 is 57.5 Å². The number of carboxylic acid groups (broad SMARTS) is 2. The van der Waals surface area contributed by atoms with Crippen molar-refractivity contribution in [1.29, 1.82) is 0 Å². The molecule has 3 unspecified atom stereocenters. The Balaban J connectivity index is 0. The maximum atomic E-state index is 10.9. The van der Waals surface area contributed by atoms with Gasteiger partial charge in [0.15, 0.2) is 0 Å². The Morgan fingerprint density at radius 2 is 1.61 bits per heavy atom. The van der Waals surface area contributed by atoms with Crippen LogP contribution in [0, 0.1) is 17.8 Å². The van der Waals surface area contributed by atoms with E-state index >= 15 is 0 Å². The molecule has 0 radical (unpaired) electrons. The third kappa shape index (κ3) is 5.85. The van der Waals surface area contributed by atoms with Gasteiger partial charge in [0.25, 0.3) is 0 Å². The van der Waals surface area contributed by atoms with Crippen LogP contribution in [0.2, 0.25) is 0 Å². The number of hydrogen-bond donors (Lipinski definition) is 0. The summed E-state index contributed by atoms with van der Waals surface area (Å²) in [5.74, 6) is -3.87. The van der Waals surface area contributed by atoms with Gasteiger partial charge in [0, 0.05) is 23.8 Å². The van der Waals surface area contributed by atoms with E-state index in [1.807, 2.05) is 0 Å². The maximum Gasteiger partial charge on any atom is 1.00 e. The second-order valence-electron chi connectivity index (χ2n) is 4.67. The Labute approximate surface area is 132 Å². The van der Waals surface area contributed by atoms with Gasteiger partial charge >= 0.3 is 37.7 Å². The van der Waals surface area contributed by atoms with E-state index in [4.69, 9.17) is 0 Å². The Kier molecular flexibility index (Phi) is 11.3. The Morgan fingerprint density at radius 1 is 1.06 bits per heavy atom. The molecule has 18 heavy (non-hydrogen) atoms. The van der Waals surface area contributed by atoms with Crippen LogP contribution in [0.5, 0.6) is 0 Å². The average molecular weight is 240 g/mol. The fraction of sp³-hybridized carbons (Fsp3) is 0.833. The maximum absolute atomic E-state index is 10.9. The molecule has 0 N–H and O–H groups in total. The molecule has 0 heterocycles. The number of aliphatic carboxylic acids is 2. The van der Waals surface area contributed by atoms with Crippen molar-refractivity contribution in [1.82, 2.24) is 0 Å². The first-order valence-electron chi connectivity index (χ1n) is 5.98. The van der Waals surface area contributed by atoms with Crippen LogP contribution in [0.3, 0.4) is 0 Å². The predicted octanol–water partition coefficient (Wildman–Crippen LogP) is -6.28. The van der Waals surface area contributed by atoms with Crippen LogP contribution in [0.25, 0.3) is 0 Å². The molecular weight excluding hydrogens is 222 g/mol. The Bertz CT molecular complexity index is 271. The minimum atomic E-state index is -1.25. The fourth-order valence-corrected chi connectivity index (χ4v) is 2.56. The van der Waals surface area contributed by atoms with Gasteiger partial charge in [-0.05, 0) is 25.2 Å². The third-order valence-electron chi connectivity index (χ3n) is 3.53. The second kappa shape index (κ2) is 9.99. The summed E-state index contributed by atoms with van der Waals surface area (Å²) in [5, 5.41) is 21.7. The standard InChI is InChI=1S/C12H20O4.2Li/c1-2-3-4-8-5-6-9(11(13)14)10(7-8)12(15)16;;/h8-10H,2-7H2,1H3,(H,13,14)(H,15,16);;/q;2*+1/p-2. The summed E-state index contributed by atoms with van der Waals surface area (Å²) in [5.41, 5.74) is 0. The molecule has 0 amide bonds. The number of rotatable bonds is 5. The topological polar surface area (TPSA) is 80.3 Å². The van der Waals surface area contributed by atoms with Crippen LogP contribution in [-0.2, 0) is 9.59 Å². The smallest absolute Gasteiger partial charge is 0.550 e. The van der Waals surface area contributed by atoms with Crippen molar-refractivity contribution in [3.8, 4) is 0 Å². The zero-order valence-electron chi connectivity index (χ0n) is 11.6. The van der Waals surface area contributed by atoms with Crippen molar-refractivity contribution >= 4 is 11.9 Å². The van der Waals surface area contributed by atoms with E-state index in [1.165, 1.54) is 0 Å². The van der Waals surface area contributed by atoms with Crippen molar-refractivity contribution in [3.05, 3.63) is 0 Å². The molecule has 4 nitrogen and oxygen atoms in total. The first-order chi connectivity index (χ1) is 7.56. The van der Waals surface area contributed by atoms with Gasteiger partial charge in [-0.2, -0.15) is 0 Å². The molecule has 0 saturated heterocycles. The number of carboxylic acids is 2. The predicted molar refractivity (Wildman–Crippen MR) is 53.9 cm³/mol. The van der Waals surface area contributed by atoms with Gasteiger partial charge in [-0.1, -0.05) is 26.2 Å². The van der Waals surface area contributed by atoms with E-state index in [9.17, 15) is 19.8 Å². The average Bonchev–Trinajstić information content (AvgIpc) is 2.25. The molecule has 92 valence electrons. The minimum absolute atomic E-state index is 0. The van der Waals surface area contributed by atoms with Gasteiger partial charge in [0.1, 0.15) is 0 Å². The van der Waals surface area contributed by atoms with E-state index < -0.39 is 23.8 Å². The van der Waals surface area contributed by atoms with E-state index in [2.05, 4.69) is 6.92 Å². The molecule has 0 aromatic rings. The van der Waals surface area contributed by atoms with Gasteiger partial charge < -0.3 is 19.8 Å². The summed E-state index contributed by atoms with van der Waals surface area (Å²) in [4.78, 5) is 21.7. The number of carbonyl (C=O) groups excluding carboxylic acids is 2. The van der Waals surface area contributed by atoms with Gasteiger partial charge in [0.05, 0.1) is 0 Å². The first-order valence-corrected chi connectivity index (χ1v) is 5.98. The zero-order valence-corrected chi connectivity index (χ0v) is 11.6. The first kappa shape index (κ1) is 20.5. The van der Waals surface area contributed by atoms with Crippen LogP contribution in [0.4, 0.5) is 0 Å². The van der Waals surface area contributed by atoms with Gasteiger partial charge in [0.2, 0.25) is 0 Å². The summed E-state index contributed by atoms with van der Waals surface area (Å²) < 4.78 is 0. The van der Waals surface area contributed by atoms with Crippen LogP contribution >= 0.6 is 0 Å². The van der Waals surface area contributed by atoms with Crippen molar-refractivity contribution in [2.24, 2.45) is 17.8 Å². The molecule has 0 bridgehead atoms. The molecule has 0 spiro atoms. The van der Waals surface area contributed by atoms with Crippen molar-refractivity contribution in [2.75, 3.05) is 0 Å². The molecule has 0 aromatic heterocycles. The SMILES string of the molecule is CCCCC1CCC(C(=O)[O-])C(C(=O)[O-])C1.[Li+].[Li+]. The molecule has 1 aliphatic carbocycles. The molecular formula is C12H18Li2O4. The quantitative estimate of drug-likeness (QED) is 0.448. The van der Waals surface area contributed by atoms with Gasteiger partial charge in [-0.15, -0.1) is 0 Å². The molecule has 0 aliphatic heterocycles. The van der Waals surface area contributed by atoms with Gasteiger partial charge in [-0.25, -0.2) is 0 Å². The third-order valence-corrected chi connectivity index (χ3v) is 3.53. The molecule has 1 fully saturated rings. The summed E-state index contributed by atoms with van der Waals surface area (Å²) in [6.45, 7) is 2.09. The van der Waals surface area contributed by atoms with Crippen LogP contribution in [0.15, 0.2) is 0 Å². The molecule has 1 rings (SSSR count). The normalized spacial score (nSPS) is 26.6. The summed E-state index contributed by atoms with van der Waals surface area (Å²) in [6.07, 6.45) is 4.77. The second-order valence-corrected chi connectivity index (χ2v) is 4.67. The van der Waals surface area contributed by atoms with Gasteiger partial charge in [-0.3, -0.25) is 0 Å². The van der Waals surface area contributed by atoms with E-state index in [0.717, 1.165) is 25.7 Å². The van der Waals surface area contributed by atoms with E-state index in [0.29, 0.717) is 18.8 Å². The molecule has 3 atom stereocenters. The van der Waals surface area contributed by atoms with E-state index in [1.54, 1.807) is 0 Å². The zero-order chi connectivity index (χ0) is 12.1. The largest absolute Gasteiger partial charge is 1.00 e. The number of carbonyl (C=O) groups is 2. The molecule has 1 saturated carbocycles. The fourth-order valence-electron chi connectivity index (χ4n) is 2.56. The van der Waals surface area contributed by atoms with Crippen molar-refractivity contribution in [3.63, 3.8) is 0 Å². The molecule has 0 aromatic carbocycles. The summed E-state index contributed by atoms with van der Waals surface area (Å²) in [7, 11) is 0. The van der Waals surface area contributed by atoms with Crippen LogP contribution in [-0.4, -0.2) is 11.9 Å². The minimum Gasteiger partial charge on any atom is -0.550 e.